The Labute approximate surface area is 150 Å². The predicted molar refractivity (Wildman–Crippen MR) is 98.5 cm³/mol. The van der Waals surface area contributed by atoms with Gasteiger partial charge in [0, 0.05) is 23.7 Å². The zero-order valence-electron chi connectivity index (χ0n) is 14.2. The van der Waals surface area contributed by atoms with Gasteiger partial charge in [-0.1, -0.05) is 30.3 Å². The lowest BCUT2D eigenvalue weighted by Gasteiger charge is -2.30. The molecule has 0 aliphatic carbocycles. The first-order valence-electron chi connectivity index (χ1n) is 8.56. The van der Waals surface area contributed by atoms with Crippen LogP contribution in [-0.2, 0) is 16.1 Å². The first kappa shape index (κ1) is 16.3. The molecule has 2 aromatic heterocycles. The van der Waals surface area contributed by atoms with Crippen molar-refractivity contribution in [1.29, 1.82) is 0 Å². The van der Waals surface area contributed by atoms with Crippen LogP contribution in [0.25, 0.3) is 16.2 Å². The summed E-state index contributed by atoms with van der Waals surface area (Å²) in [6, 6.07) is 10.3. The molecule has 1 saturated heterocycles. The standard InChI is InChI=1S/C19H21N3O2S/c1-24-18(23)15-7-9-21(10-8-15)13-16-17(14-5-3-2-4-6-14)20-19-22(16)11-12-25-19/h2-6,11-12,15H,7-10,13H2,1H3. The molecule has 1 fully saturated rings. The Morgan fingerprint density at radius 1 is 1.28 bits per heavy atom. The third-order valence-corrected chi connectivity index (χ3v) is 5.66. The van der Waals surface area contributed by atoms with E-state index in [0.717, 1.165) is 48.7 Å². The number of thiazole rings is 1. The van der Waals surface area contributed by atoms with Gasteiger partial charge in [0.1, 0.15) is 0 Å². The lowest BCUT2D eigenvalue weighted by atomic mass is 9.97. The van der Waals surface area contributed by atoms with Gasteiger partial charge in [0.25, 0.3) is 0 Å². The molecule has 1 aliphatic heterocycles. The summed E-state index contributed by atoms with van der Waals surface area (Å²) in [5.74, 6) is -0.0318. The van der Waals surface area contributed by atoms with Gasteiger partial charge in [-0.3, -0.25) is 14.1 Å². The van der Waals surface area contributed by atoms with Gasteiger partial charge in [-0.25, -0.2) is 4.98 Å². The Bertz CT molecular complexity index is 863. The second-order valence-electron chi connectivity index (χ2n) is 6.40. The molecular formula is C19H21N3O2S. The summed E-state index contributed by atoms with van der Waals surface area (Å²) in [6.45, 7) is 2.66. The summed E-state index contributed by atoms with van der Waals surface area (Å²) in [6.07, 6.45) is 3.81. The van der Waals surface area contributed by atoms with E-state index in [1.54, 1.807) is 11.3 Å². The number of hydrogen-bond acceptors (Lipinski definition) is 5. The Hall–Kier alpha value is -2.18. The summed E-state index contributed by atoms with van der Waals surface area (Å²) < 4.78 is 7.08. The Kier molecular flexibility index (Phi) is 4.55. The summed E-state index contributed by atoms with van der Waals surface area (Å²) in [4.78, 5) is 20.0. The Morgan fingerprint density at radius 2 is 2.04 bits per heavy atom. The van der Waals surface area contributed by atoms with Crippen LogP contribution >= 0.6 is 11.3 Å². The number of carbonyl (C=O) groups is 1. The van der Waals surface area contributed by atoms with E-state index in [0.29, 0.717) is 0 Å². The maximum Gasteiger partial charge on any atom is 0.308 e. The molecule has 0 bridgehead atoms. The summed E-state index contributed by atoms with van der Waals surface area (Å²) in [7, 11) is 1.47. The first-order valence-corrected chi connectivity index (χ1v) is 9.44. The number of carbonyl (C=O) groups excluding carboxylic acids is 1. The number of nitrogens with zero attached hydrogens (tertiary/aromatic N) is 3. The number of esters is 1. The van der Waals surface area contributed by atoms with Crippen LogP contribution < -0.4 is 0 Å². The first-order chi connectivity index (χ1) is 12.3. The van der Waals surface area contributed by atoms with Gasteiger partial charge in [-0.15, -0.1) is 11.3 Å². The number of ether oxygens (including phenoxy) is 1. The molecule has 25 heavy (non-hydrogen) atoms. The van der Waals surface area contributed by atoms with Crippen LogP contribution in [0.2, 0.25) is 0 Å². The number of imidazole rings is 1. The second-order valence-corrected chi connectivity index (χ2v) is 7.28. The molecule has 0 N–H and O–H groups in total. The van der Waals surface area contributed by atoms with Gasteiger partial charge in [0.05, 0.1) is 24.4 Å². The molecule has 130 valence electrons. The molecule has 1 aromatic carbocycles. The van der Waals surface area contributed by atoms with Gasteiger partial charge in [-0.2, -0.15) is 0 Å². The van der Waals surface area contributed by atoms with Crippen LogP contribution in [0.4, 0.5) is 0 Å². The fourth-order valence-electron chi connectivity index (χ4n) is 3.52. The van der Waals surface area contributed by atoms with Crippen molar-refractivity contribution in [2.24, 2.45) is 5.92 Å². The van der Waals surface area contributed by atoms with Crippen molar-refractivity contribution in [3.8, 4) is 11.3 Å². The third kappa shape index (κ3) is 3.19. The maximum absolute atomic E-state index is 11.7. The molecule has 4 rings (SSSR count). The number of likely N-dealkylation sites (tertiary alicyclic amines) is 1. The molecule has 0 unspecified atom stereocenters. The fourth-order valence-corrected chi connectivity index (χ4v) is 4.25. The normalized spacial score (nSPS) is 16.4. The lowest BCUT2D eigenvalue weighted by Crippen LogP contribution is -2.36. The minimum absolute atomic E-state index is 0.0430. The number of methoxy groups -OCH3 is 1. The number of fused-ring (bicyclic) bond motifs is 1. The summed E-state index contributed by atoms with van der Waals surface area (Å²) >= 11 is 1.66. The molecule has 0 atom stereocenters. The summed E-state index contributed by atoms with van der Waals surface area (Å²) in [5, 5.41) is 2.07. The average molecular weight is 355 g/mol. The molecule has 0 amide bonds. The number of benzene rings is 1. The number of rotatable bonds is 4. The zero-order valence-corrected chi connectivity index (χ0v) is 15.0. The highest BCUT2D eigenvalue weighted by molar-refractivity contribution is 7.15. The molecule has 0 spiro atoms. The Balaban J connectivity index is 1.57. The highest BCUT2D eigenvalue weighted by atomic mass is 32.1. The third-order valence-electron chi connectivity index (χ3n) is 4.90. The van der Waals surface area contributed by atoms with Crippen molar-refractivity contribution in [3.05, 3.63) is 47.6 Å². The van der Waals surface area contributed by atoms with Crippen LogP contribution in [0, 0.1) is 5.92 Å². The number of aromatic nitrogens is 2. The van der Waals surface area contributed by atoms with Gasteiger partial charge in [0.2, 0.25) is 0 Å². The van der Waals surface area contributed by atoms with Crippen molar-refractivity contribution < 1.29 is 9.53 Å². The highest BCUT2D eigenvalue weighted by Crippen LogP contribution is 2.29. The predicted octanol–water partition coefficient (Wildman–Crippen LogP) is 3.45. The molecule has 5 nitrogen and oxygen atoms in total. The van der Waals surface area contributed by atoms with Crippen molar-refractivity contribution in [2.45, 2.75) is 19.4 Å². The van der Waals surface area contributed by atoms with Gasteiger partial charge >= 0.3 is 5.97 Å². The maximum atomic E-state index is 11.7. The number of hydrogen-bond donors (Lipinski definition) is 0. The van der Waals surface area contributed by atoms with Crippen molar-refractivity contribution in [2.75, 3.05) is 20.2 Å². The van der Waals surface area contributed by atoms with Gasteiger partial charge in [-0.05, 0) is 25.9 Å². The molecule has 0 saturated carbocycles. The van der Waals surface area contributed by atoms with E-state index in [2.05, 4.69) is 45.1 Å². The van der Waals surface area contributed by atoms with Gasteiger partial charge < -0.3 is 4.74 Å². The van der Waals surface area contributed by atoms with Gasteiger partial charge in [0.15, 0.2) is 4.96 Å². The monoisotopic (exact) mass is 355 g/mol. The van der Waals surface area contributed by atoms with Crippen molar-refractivity contribution in [3.63, 3.8) is 0 Å². The largest absolute Gasteiger partial charge is 0.469 e. The van der Waals surface area contributed by atoms with Crippen LogP contribution in [0.5, 0.6) is 0 Å². The van der Waals surface area contributed by atoms with Crippen LogP contribution in [0.1, 0.15) is 18.5 Å². The molecule has 3 aromatic rings. The van der Waals surface area contributed by atoms with Crippen molar-refractivity contribution in [1.82, 2.24) is 14.3 Å². The lowest BCUT2D eigenvalue weighted by molar-refractivity contribution is -0.147. The van der Waals surface area contributed by atoms with E-state index in [1.165, 1.54) is 12.8 Å². The van der Waals surface area contributed by atoms with E-state index >= 15 is 0 Å². The molecule has 0 radical (unpaired) electrons. The second kappa shape index (κ2) is 6.98. The van der Waals surface area contributed by atoms with Crippen LogP contribution in [0.15, 0.2) is 41.9 Å². The quantitative estimate of drug-likeness (QED) is 0.673. The highest BCUT2D eigenvalue weighted by Gasteiger charge is 2.27. The smallest absolute Gasteiger partial charge is 0.308 e. The van der Waals surface area contributed by atoms with E-state index in [1.807, 2.05) is 6.07 Å². The van der Waals surface area contributed by atoms with E-state index < -0.39 is 0 Å². The fraction of sp³-hybridized carbons (Fsp3) is 0.368. The topological polar surface area (TPSA) is 46.8 Å². The van der Waals surface area contributed by atoms with Crippen molar-refractivity contribution >= 4 is 22.3 Å². The zero-order chi connectivity index (χ0) is 17.2. The van der Waals surface area contributed by atoms with E-state index in [4.69, 9.17) is 9.72 Å². The SMILES string of the molecule is COC(=O)C1CCN(Cc2c(-c3ccccc3)nc3sccn23)CC1. The number of piperidine rings is 1. The molecule has 3 heterocycles. The molecule has 1 aliphatic rings. The summed E-state index contributed by atoms with van der Waals surface area (Å²) in [5.41, 5.74) is 3.43. The Morgan fingerprint density at radius 3 is 2.76 bits per heavy atom. The average Bonchev–Trinajstić information content (AvgIpc) is 3.25. The van der Waals surface area contributed by atoms with Crippen LogP contribution in [0.3, 0.4) is 0 Å². The van der Waals surface area contributed by atoms with E-state index in [-0.39, 0.29) is 11.9 Å². The molecule has 6 heteroatoms. The van der Waals surface area contributed by atoms with Crippen LogP contribution in [-0.4, -0.2) is 40.5 Å². The molecular weight excluding hydrogens is 334 g/mol. The minimum atomic E-state index is -0.0748. The minimum Gasteiger partial charge on any atom is -0.469 e. The van der Waals surface area contributed by atoms with E-state index in [9.17, 15) is 4.79 Å².